The SMILES string of the molecule is CCOc1ccc(NC(=O)c2ccc(NC(=O)c3sc(NC(=O)c4ccco4)cc3C)cc2)cc1. The molecule has 178 valence electrons. The number of hydrogen-bond donors (Lipinski definition) is 3. The van der Waals surface area contributed by atoms with Crippen molar-refractivity contribution in [1.82, 2.24) is 0 Å². The monoisotopic (exact) mass is 489 g/mol. The Morgan fingerprint density at radius 2 is 1.51 bits per heavy atom. The van der Waals surface area contributed by atoms with E-state index in [9.17, 15) is 14.4 Å². The van der Waals surface area contributed by atoms with Crippen LogP contribution in [0.1, 0.15) is 43.1 Å². The molecule has 3 amide bonds. The highest BCUT2D eigenvalue weighted by molar-refractivity contribution is 7.18. The summed E-state index contributed by atoms with van der Waals surface area (Å²) in [6.07, 6.45) is 1.42. The van der Waals surface area contributed by atoms with E-state index in [0.717, 1.165) is 11.3 Å². The normalized spacial score (nSPS) is 10.5. The molecule has 4 rings (SSSR count). The van der Waals surface area contributed by atoms with Gasteiger partial charge in [0.1, 0.15) is 5.75 Å². The van der Waals surface area contributed by atoms with Crippen LogP contribution >= 0.6 is 11.3 Å². The molecule has 9 heteroatoms. The molecule has 0 aliphatic heterocycles. The Hall–Kier alpha value is -4.37. The van der Waals surface area contributed by atoms with Gasteiger partial charge in [0, 0.05) is 16.9 Å². The number of anilines is 3. The first-order valence-electron chi connectivity index (χ1n) is 10.8. The van der Waals surface area contributed by atoms with Gasteiger partial charge in [-0.1, -0.05) is 0 Å². The summed E-state index contributed by atoms with van der Waals surface area (Å²) in [5.74, 6) is -0.0368. The maximum Gasteiger partial charge on any atom is 0.291 e. The molecule has 8 nitrogen and oxygen atoms in total. The molecule has 0 saturated carbocycles. The van der Waals surface area contributed by atoms with Gasteiger partial charge >= 0.3 is 0 Å². The van der Waals surface area contributed by atoms with Gasteiger partial charge < -0.3 is 25.1 Å². The van der Waals surface area contributed by atoms with Crippen molar-refractivity contribution in [3.8, 4) is 5.75 Å². The van der Waals surface area contributed by atoms with Gasteiger partial charge in [-0.15, -0.1) is 11.3 Å². The fraction of sp³-hybridized carbons (Fsp3) is 0.115. The summed E-state index contributed by atoms with van der Waals surface area (Å²) in [6, 6.07) is 18.6. The minimum atomic E-state index is -0.387. The standard InChI is InChI=1S/C26H23N3O5S/c1-3-33-20-12-10-19(11-13-20)27-24(30)17-6-8-18(9-7-17)28-26(32)23-16(2)15-22(35-23)29-25(31)21-5-4-14-34-21/h4-15H,3H2,1-2H3,(H,27,30)(H,28,32)(H,29,31). The number of carbonyl (C=O) groups is 3. The lowest BCUT2D eigenvalue weighted by Gasteiger charge is -2.08. The Morgan fingerprint density at radius 1 is 0.857 bits per heavy atom. The van der Waals surface area contributed by atoms with Crippen LogP contribution in [0.5, 0.6) is 5.75 Å². The van der Waals surface area contributed by atoms with E-state index in [4.69, 9.17) is 9.15 Å². The number of rotatable bonds is 8. The Bertz CT molecular complexity index is 1330. The largest absolute Gasteiger partial charge is 0.494 e. The molecule has 2 heterocycles. The smallest absolute Gasteiger partial charge is 0.291 e. The van der Waals surface area contributed by atoms with Gasteiger partial charge in [-0.05, 0) is 86.1 Å². The lowest BCUT2D eigenvalue weighted by molar-refractivity contribution is 0.0993. The van der Waals surface area contributed by atoms with Crippen LogP contribution in [-0.4, -0.2) is 24.3 Å². The van der Waals surface area contributed by atoms with E-state index in [0.29, 0.717) is 33.4 Å². The van der Waals surface area contributed by atoms with Crippen molar-refractivity contribution in [2.24, 2.45) is 0 Å². The van der Waals surface area contributed by atoms with Crippen molar-refractivity contribution in [1.29, 1.82) is 0 Å². The van der Waals surface area contributed by atoms with Crippen molar-refractivity contribution in [2.45, 2.75) is 13.8 Å². The lowest BCUT2D eigenvalue weighted by atomic mass is 10.2. The van der Waals surface area contributed by atoms with Crippen molar-refractivity contribution < 1.29 is 23.5 Å². The molecule has 0 aliphatic carbocycles. The number of nitrogens with one attached hydrogen (secondary N) is 3. The van der Waals surface area contributed by atoms with Crippen molar-refractivity contribution in [3.63, 3.8) is 0 Å². The summed E-state index contributed by atoms with van der Waals surface area (Å²) in [4.78, 5) is 37.9. The predicted octanol–water partition coefficient (Wildman–Crippen LogP) is 5.81. The van der Waals surface area contributed by atoms with Crippen LogP contribution in [0, 0.1) is 6.92 Å². The molecular formula is C26H23N3O5S. The van der Waals surface area contributed by atoms with E-state index < -0.39 is 0 Å². The third-order valence-electron chi connectivity index (χ3n) is 4.93. The molecule has 2 aromatic heterocycles. The van der Waals surface area contributed by atoms with Crippen LogP contribution in [0.3, 0.4) is 0 Å². The fourth-order valence-corrected chi connectivity index (χ4v) is 4.21. The third-order valence-corrected chi connectivity index (χ3v) is 6.09. The molecule has 0 unspecified atom stereocenters. The first kappa shape index (κ1) is 23.8. The zero-order chi connectivity index (χ0) is 24.8. The highest BCUT2D eigenvalue weighted by Crippen LogP contribution is 2.28. The number of furan rings is 1. The molecule has 0 radical (unpaired) electrons. The number of ether oxygens (including phenoxy) is 1. The van der Waals surface area contributed by atoms with Gasteiger partial charge in [-0.3, -0.25) is 14.4 Å². The Kier molecular flexibility index (Phi) is 7.27. The quantitative estimate of drug-likeness (QED) is 0.290. The van der Waals surface area contributed by atoms with Crippen molar-refractivity contribution in [2.75, 3.05) is 22.6 Å². The zero-order valence-corrected chi connectivity index (χ0v) is 19.9. The highest BCUT2D eigenvalue weighted by atomic mass is 32.1. The van der Waals surface area contributed by atoms with E-state index in [-0.39, 0.29) is 23.5 Å². The van der Waals surface area contributed by atoms with Crippen LogP contribution in [0.4, 0.5) is 16.4 Å². The molecule has 0 bridgehead atoms. The van der Waals surface area contributed by atoms with E-state index in [1.54, 1.807) is 73.7 Å². The first-order chi connectivity index (χ1) is 16.9. The summed E-state index contributed by atoms with van der Waals surface area (Å²) in [7, 11) is 0. The summed E-state index contributed by atoms with van der Waals surface area (Å²) in [5.41, 5.74) is 2.38. The first-order valence-corrected chi connectivity index (χ1v) is 11.7. The summed E-state index contributed by atoms with van der Waals surface area (Å²) < 4.78 is 10.5. The molecular weight excluding hydrogens is 466 g/mol. The number of amides is 3. The molecule has 4 aromatic rings. The second kappa shape index (κ2) is 10.7. The Balaban J connectivity index is 1.36. The van der Waals surface area contributed by atoms with Crippen molar-refractivity contribution in [3.05, 3.63) is 94.8 Å². The lowest BCUT2D eigenvalue weighted by Crippen LogP contribution is -2.13. The van der Waals surface area contributed by atoms with Gasteiger partial charge in [0.25, 0.3) is 17.7 Å². The Morgan fingerprint density at radius 3 is 2.14 bits per heavy atom. The number of thiophene rings is 1. The molecule has 0 atom stereocenters. The molecule has 0 saturated heterocycles. The fourth-order valence-electron chi connectivity index (χ4n) is 3.25. The second-order valence-corrected chi connectivity index (χ2v) is 8.55. The van der Waals surface area contributed by atoms with E-state index in [2.05, 4.69) is 16.0 Å². The van der Waals surface area contributed by atoms with Gasteiger partial charge in [-0.25, -0.2) is 0 Å². The van der Waals surface area contributed by atoms with Gasteiger partial charge in [0.15, 0.2) is 5.76 Å². The van der Waals surface area contributed by atoms with Gasteiger partial charge in [0.2, 0.25) is 0 Å². The molecule has 3 N–H and O–H groups in total. The third kappa shape index (κ3) is 5.96. The average Bonchev–Trinajstić information content (AvgIpc) is 3.51. The molecule has 2 aromatic carbocycles. The number of hydrogen-bond acceptors (Lipinski definition) is 6. The highest BCUT2D eigenvalue weighted by Gasteiger charge is 2.17. The molecule has 0 spiro atoms. The number of benzene rings is 2. The van der Waals surface area contributed by atoms with Crippen LogP contribution < -0.4 is 20.7 Å². The van der Waals surface area contributed by atoms with Crippen LogP contribution in [-0.2, 0) is 0 Å². The average molecular weight is 490 g/mol. The summed E-state index contributed by atoms with van der Waals surface area (Å²) >= 11 is 1.17. The van der Waals surface area contributed by atoms with Crippen LogP contribution in [0.2, 0.25) is 0 Å². The molecule has 0 fully saturated rings. The number of carbonyl (C=O) groups excluding carboxylic acids is 3. The van der Waals surface area contributed by atoms with E-state index in [1.165, 1.54) is 17.6 Å². The summed E-state index contributed by atoms with van der Waals surface area (Å²) in [5, 5.41) is 8.92. The predicted molar refractivity (Wildman–Crippen MR) is 136 cm³/mol. The van der Waals surface area contributed by atoms with Crippen LogP contribution in [0.25, 0.3) is 0 Å². The zero-order valence-electron chi connectivity index (χ0n) is 19.1. The Labute approximate surface area is 205 Å². The van der Waals surface area contributed by atoms with Crippen LogP contribution in [0.15, 0.2) is 77.4 Å². The second-order valence-electron chi connectivity index (χ2n) is 7.50. The van der Waals surface area contributed by atoms with Gasteiger partial charge in [-0.2, -0.15) is 0 Å². The maximum absolute atomic E-state index is 12.8. The van der Waals surface area contributed by atoms with E-state index >= 15 is 0 Å². The minimum absolute atomic E-state index is 0.189. The maximum atomic E-state index is 12.8. The number of aryl methyl sites for hydroxylation is 1. The molecule has 0 aliphatic rings. The minimum Gasteiger partial charge on any atom is -0.494 e. The molecule has 35 heavy (non-hydrogen) atoms. The topological polar surface area (TPSA) is 110 Å². The summed E-state index contributed by atoms with van der Waals surface area (Å²) in [6.45, 7) is 4.27. The van der Waals surface area contributed by atoms with Crippen molar-refractivity contribution >= 4 is 45.4 Å². The van der Waals surface area contributed by atoms with Gasteiger partial charge in [0.05, 0.1) is 22.7 Å². The van der Waals surface area contributed by atoms with E-state index in [1.807, 2.05) is 6.92 Å².